The fourth-order valence-electron chi connectivity index (χ4n) is 1.82. The zero-order valence-electron chi connectivity index (χ0n) is 9.45. The van der Waals surface area contributed by atoms with E-state index in [0.29, 0.717) is 0 Å². The molecule has 0 spiro atoms. The lowest BCUT2D eigenvalue weighted by molar-refractivity contribution is 0.549. The lowest BCUT2D eigenvalue weighted by atomic mass is 10.0. The number of carbonyl (C=O) groups excluding carboxylic acids is 1. The monoisotopic (exact) mass is 212 g/mol. The second-order valence-electron chi connectivity index (χ2n) is 3.96. The Morgan fingerprint density at radius 3 is 2.69 bits per heavy atom. The molecular formula is C14H14NO. The highest BCUT2D eigenvalue weighted by molar-refractivity contribution is 5.96. The lowest BCUT2D eigenvalue weighted by Gasteiger charge is -2.14. The summed E-state index contributed by atoms with van der Waals surface area (Å²) >= 11 is 0. The van der Waals surface area contributed by atoms with Crippen LogP contribution in [-0.4, -0.2) is 12.3 Å². The van der Waals surface area contributed by atoms with Crippen molar-refractivity contribution in [1.82, 2.24) is 0 Å². The second-order valence-corrected chi connectivity index (χ2v) is 3.96. The Labute approximate surface area is 95.3 Å². The van der Waals surface area contributed by atoms with E-state index in [1.165, 1.54) is 5.39 Å². The van der Waals surface area contributed by atoms with Crippen LogP contribution in [0.3, 0.4) is 0 Å². The summed E-state index contributed by atoms with van der Waals surface area (Å²) in [6, 6.07) is 12.0. The van der Waals surface area contributed by atoms with Gasteiger partial charge in [-0.1, -0.05) is 36.4 Å². The van der Waals surface area contributed by atoms with Gasteiger partial charge in [0.25, 0.3) is 0 Å². The predicted molar refractivity (Wildman–Crippen MR) is 67.5 cm³/mol. The average molecular weight is 212 g/mol. The first-order valence-electron chi connectivity index (χ1n) is 5.35. The molecule has 0 aromatic heterocycles. The predicted octanol–water partition coefficient (Wildman–Crippen LogP) is 3.06. The molecule has 2 rings (SSSR count). The Balaban J connectivity index is 2.56. The molecule has 0 aliphatic rings. The summed E-state index contributed by atoms with van der Waals surface area (Å²) in [4.78, 5) is 10.6. The van der Waals surface area contributed by atoms with Crippen LogP contribution in [0.15, 0.2) is 36.4 Å². The van der Waals surface area contributed by atoms with Gasteiger partial charge < -0.3 is 5.32 Å². The first-order valence-corrected chi connectivity index (χ1v) is 5.35. The van der Waals surface area contributed by atoms with Crippen molar-refractivity contribution in [3.63, 3.8) is 0 Å². The second kappa shape index (κ2) is 4.35. The number of anilines is 1. The van der Waals surface area contributed by atoms with E-state index in [4.69, 9.17) is 0 Å². The minimum absolute atomic E-state index is 0.287. The van der Waals surface area contributed by atoms with Crippen molar-refractivity contribution in [3.05, 3.63) is 42.0 Å². The van der Waals surface area contributed by atoms with Crippen LogP contribution in [0.2, 0.25) is 0 Å². The third-order valence-corrected chi connectivity index (χ3v) is 2.67. The fourth-order valence-corrected chi connectivity index (χ4v) is 1.82. The minimum atomic E-state index is -0.287. The van der Waals surface area contributed by atoms with Crippen LogP contribution in [0.25, 0.3) is 10.8 Å². The van der Waals surface area contributed by atoms with E-state index in [1.807, 2.05) is 25.3 Å². The molecule has 0 saturated carbocycles. The third-order valence-electron chi connectivity index (χ3n) is 2.67. The van der Waals surface area contributed by atoms with E-state index >= 15 is 0 Å². The van der Waals surface area contributed by atoms with Crippen molar-refractivity contribution in [2.45, 2.75) is 19.9 Å². The molecule has 1 N–H and O–H groups in total. The van der Waals surface area contributed by atoms with Crippen molar-refractivity contribution in [3.8, 4) is 0 Å². The highest BCUT2D eigenvalue weighted by atomic mass is 16.1. The quantitative estimate of drug-likeness (QED) is 0.847. The molecule has 2 heteroatoms. The van der Waals surface area contributed by atoms with Crippen LogP contribution in [0.1, 0.15) is 12.5 Å². The third kappa shape index (κ3) is 1.91. The van der Waals surface area contributed by atoms with Gasteiger partial charge in [0.2, 0.25) is 6.29 Å². The number of nitrogens with one attached hydrogen (secondary N) is 1. The molecule has 0 fully saturated rings. The van der Waals surface area contributed by atoms with Crippen LogP contribution < -0.4 is 5.32 Å². The van der Waals surface area contributed by atoms with Gasteiger partial charge in [-0.05, 0) is 24.8 Å². The highest BCUT2D eigenvalue weighted by Gasteiger charge is 2.07. The summed E-state index contributed by atoms with van der Waals surface area (Å²) in [7, 11) is 0. The summed E-state index contributed by atoms with van der Waals surface area (Å²) in [5.74, 6) is 0. The normalized spacial score (nSPS) is 12.4. The summed E-state index contributed by atoms with van der Waals surface area (Å²) in [6.45, 7) is 3.83. The first kappa shape index (κ1) is 10.7. The summed E-state index contributed by atoms with van der Waals surface area (Å²) in [6.07, 6.45) is 1.94. The highest BCUT2D eigenvalue weighted by Crippen LogP contribution is 2.27. The first-order chi connectivity index (χ1) is 7.72. The number of aryl methyl sites for hydroxylation is 1. The molecule has 0 saturated heterocycles. The van der Waals surface area contributed by atoms with Gasteiger partial charge in [-0.15, -0.1) is 0 Å². The van der Waals surface area contributed by atoms with Gasteiger partial charge in [0.15, 0.2) is 0 Å². The number of hydrogen-bond acceptors (Lipinski definition) is 2. The van der Waals surface area contributed by atoms with E-state index in [2.05, 4.69) is 29.6 Å². The summed E-state index contributed by atoms with van der Waals surface area (Å²) < 4.78 is 0. The van der Waals surface area contributed by atoms with Crippen LogP contribution in [-0.2, 0) is 4.79 Å². The van der Waals surface area contributed by atoms with Gasteiger partial charge in [-0.2, -0.15) is 0 Å². The molecule has 2 aromatic rings. The van der Waals surface area contributed by atoms with E-state index in [0.717, 1.165) is 16.6 Å². The van der Waals surface area contributed by atoms with E-state index < -0.39 is 0 Å². The maximum Gasteiger partial charge on any atom is 0.222 e. The molecule has 81 valence electrons. The Kier molecular flexibility index (Phi) is 2.91. The number of hydrogen-bond donors (Lipinski definition) is 1. The van der Waals surface area contributed by atoms with Gasteiger partial charge >= 0.3 is 0 Å². The van der Waals surface area contributed by atoms with Crippen molar-refractivity contribution in [1.29, 1.82) is 0 Å². The SMILES string of the molecule is Cc1ccc2ccccc2c1NC(C)[C]=O. The topological polar surface area (TPSA) is 29.1 Å². The van der Waals surface area contributed by atoms with E-state index in [1.54, 1.807) is 6.92 Å². The van der Waals surface area contributed by atoms with Crippen molar-refractivity contribution < 1.29 is 4.79 Å². The number of fused-ring (bicyclic) bond motifs is 1. The van der Waals surface area contributed by atoms with Crippen molar-refractivity contribution >= 4 is 22.7 Å². The Hall–Kier alpha value is -1.83. The van der Waals surface area contributed by atoms with Crippen molar-refractivity contribution in [2.24, 2.45) is 0 Å². The molecule has 0 aliphatic carbocycles. The molecule has 1 unspecified atom stereocenters. The average Bonchev–Trinajstić information content (AvgIpc) is 2.32. The maximum absolute atomic E-state index is 10.6. The van der Waals surface area contributed by atoms with Gasteiger partial charge in [0.1, 0.15) is 0 Å². The Bertz CT molecular complexity index is 519. The smallest absolute Gasteiger partial charge is 0.222 e. The fraction of sp³-hybridized carbons (Fsp3) is 0.214. The van der Waals surface area contributed by atoms with E-state index in [9.17, 15) is 4.79 Å². The van der Waals surface area contributed by atoms with Crippen molar-refractivity contribution in [2.75, 3.05) is 5.32 Å². The molecule has 1 atom stereocenters. The number of rotatable bonds is 3. The molecule has 0 heterocycles. The van der Waals surface area contributed by atoms with Gasteiger partial charge in [-0.3, -0.25) is 4.79 Å². The molecule has 0 bridgehead atoms. The van der Waals surface area contributed by atoms with Crippen LogP contribution >= 0.6 is 0 Å². The van der Waals surface area contributed by atoms with Gasteiger partial charge in [0, 0.05) is 11.1 Å². The summed E-state index contributed by atoms with van der Waals surface area (Å²) in [5.41, 5.74) is 2.16. The van der Waals surface area contributed by atoms with Crippen LogP contribution in [0.4, 0.5) is 5.69 Å². The molecular weight excluding hydrogens is 198 g/mol. The van der Waals surface area contributed by atoms with E-state index in [-0.39, 0.29) is 6.04 Å². The Morgan fingerprint density at radius 2 is 1.94 bits per heavy atom. The zero-order chi connectivity index (χ0) is 11.5. The number of benzene rings is 2. The molecule has 0 aliphatic heterocycles. The molecule has 1 radical (unpaired) electrons. The molecule has 2 nitrogen and oxygen atoms in total. The van der Waals surface area contributed by atoms with Gasteiger partial charge in [-0.25, -0.2) is 0 Å². The molecule has 0 amide bonds. The zero-order valence-corrected chi connectivity index (χ0v) is 9.45. The van der Waals surface area contributed by atoms with Crippen LogP contribution in [0.5, 0.6) is 0 Å². The summed E-state index contributed by atoms with van der Waals surface area (Å²) in [5, 5.41) is 5.50. The molecule has 16 heavy (non-hydrogen) atoms. The lowest BCUT2D eigenvalue weighted by Crippen LogP contribution is -2.17. The standard InChI is InChI=1S/C14H14NO/c1-10-7-8-12-5-3-4-6-13(12)14(10)15-11(2)9-16/h3-8,11,15H,1-2H3. The largest absolute Gasteiger partial charge is 0.374 e. The van der Waals surface area contributed by atoms with Gasteiger partial charge in [0.05, 0.1) is 6.04 Å². The molecule has 2 aromatic carbocycles. The maximum atomic E-state index is 10.6. The minimum Gasteiger partial charge on any atom is -0.374 e. The Morgan fingerprint density at radius 1 is 1.19 bits per heavy atom. The van der Waals surface area contributed by atoms with Crippen LogP contribution in [0, 0.1) is 6.92 Å².